The second-order valence-corrected chi connectivity index (χ2v) is 6.06. The van der Waals surface area contributed by atoms with Crippen LogP contribution in [0.15, 0.2) is 16.1 Å². The molecule has 106 valence electrons. The molecule has 0 unspecified atom stereocenters. The van der Waals surface area contributed by atoms with Gasteiger partial charge in [-0.25, -0.2) is 9.97 Å². The van der Waals surface area contributed by atoms with Crippen LogP contribution in [0.25, 0.3) is 0 Å². The first-order valence-corrected chi connectivity index (χ1v) is 8.00. The average molecular weight is 311 g/mol. The van der Waals surface area contributed by atoms with Crippen LogP contribution in [-0.2, 0) is 25.1 Å². The fourth-order valence-corrected chi connectivity index (χ4v) is 3.48. The summed E-state index contributed by atoms with van der Waals surface area (Å²) in [6.45, 7) is 2.87. The number of aromatic amines is 1. The monoisotopic (exact) mass is 310 g/mol. The largest absolute Gasteiger partial charge is 0.333 e. The molecule has 2 heterocycles. The van der Waals surface area contributed by atoms with Crippen molar-refractivity contribution in [1.82, 2.24) is 19.5 Å². The minimum absolute atomic E-state index is 0.00636. The molecule has 20 heavy (non-hydrogen) atoms. The van der Waals surface area contributed by atoms with Crippen LogP contribution in [0.4, 0.5) is 0 Å². The van der Waals surface area contributed by atoms with Gasteiger partial charge in [0, 0.05) is 18.3 Å². The van der Waals surface area contributed by atoms with Crippen molar-refractivity contribution in [3.63, 3.8) is 0 Å². The van der Waals surface area contributed by atoms with Gasteiger partial charge in [-0.3, -0.25) is 4.79 Å². The Balaban J connectivity index is 1.79. The Morgan fingerprint density at radius 2 is 2.30 bits per heavy atom. The zero-order chi connectivity index (χ0) is 14.1. The van der Waals surface area contributed by atoms with E-state index in [9.17, 15) is 4.79 Å². The number of aryl methyl sites for hydroxylation is 2. The Morgan fingerprint density at radius 1 is 1.45 bits per heavy atom. The molecular weight excluding hydrogens is 296 g/mol. The molecule has 0 atom stereocenters. The van der Waals surface area contributed by atoms with Crippen molar-refractivity contribution in [3.05, 3.63) is 38.8 Å². The predicted octanol–water partition coefficient (Wildman–Crippen LogP) is 2.42. The molecular formula is C13H15ClN4OS. The Morgan fingerprint density at radius 3 is 3.10 bits per heavy atom. The van der Waals surface area contributed by atoms with Crippen molar-refractivity contribution >= 4 is 23.4 Å². The summed E-state index contributed by atoms with van der Waals surface area (Å²) in [7, 11) is 0. The van der Waals surface area contributed by atoms with Gasteiger partial charge in [-0.2, -0.15) is 0 Å². The summed E-state index contributed by atoms with van der Waals surface area (Å²) in [6, 6.07) is 0. The van der Waals surface area contributed by atoms with Crippen LogP contribution in [0.3, 0.4) is 0 Å². The fourth-order valence-electron chi connectivity index (χ4n) is 2.43. The molecule has 3 rings (SSSR count). The van der Waals surface area contributed by atoms with Crippen molar-refractivity contribution in [2.45, 2.75) is 43.6 Å². The molecule has 5 nitrogen and oxygen atoms in total. The topological polar surface area (TPSA) is 63.6 Å². The maximum absolute atomic E-state index is 11.9. The Hall–Kier alpha value is -1.27. The molecule has 0 fully saturated rings. The van der Waals surface area contributed by atoms with Crippen LogP contribution in [0.1, 0.15) is 30.4 Å². The number of hydrogen-bond donors (Lipinski definition) is 1. The summed E-state index contributed by atoms with van der Waals surface area (Å²) in [5, 5.41) is 1.16. The van der Waals surface area contributed by atoms with Crippen molar-refractivity contribution in [3.8, 4) is 0 Å². The normalized spacial score (nSPS) is 13.7. The fraction of sp³-hybridized carbons (Fsp3) is 0.462. The highest BCUT2D eigenvalue weighted by Crippen LogP contribution is 2.22. The number of hydrogen-bond acceptors (Lipinski definition) is 4. The molecule has 0 amide bonds. The Bertz CT molecular complexity index is 694. The van der Waals surface area contributed by atoms with Gasteiger partial charge in [0.05, 0.1) is 11.4 Å². The summed E-state index contributed by atoms with van der Waals surface area (Å²) in [4.78, 5) is 23.6. The van der Waals surface area contributed by atoms with Crippen LogP contribution in [0.5, 0.6) is 0 Å². The molecule has 0 saturated carbocycles. The number of nitrogens with zero attached hydrogens (tertiary/aromatic N) is 3. The predicted molar refractivity (Wildman–Crippen MR) is 79.4 cm³/mol. The van der Waals surface area contributed by atoms with Gasteiger partial charge in [0.2, 0.25) is 0 Å². The summed E-state index contributed by atoms with van der Waals surface area (Å²) < 4.78 is 2.00. The maximum atomic E-state index is 11.9. The highest BCUT2D eigenvalue weighted by atomic mass is 35.5. The lowest BCUT2D eigenvalue weighted by atomic mass is 10.3. The summed E-state index contributed by atoms with van der Waals surface area (Å²) >= 11 is 7.40. The molecule has 0 spiro atoms. The van der Waals surface area contributed by atoms with E-state index >= 15 is 0 Å². The van der Waals surface area contributed by atoms with E-state index in [1.165, 1.54) is 11.8 Å². The lowest BCUT2D eigenvalue weighted by Gasteiger charge is -2.05. The van der Waals surface area contributed by atoms with Crippen LogP contribution in [-0.4, -0.2) is 19.5 Å². The highest BCUT2D eigenvalue weighted by molar-refractivity contribution is 7.98. The zero-order valence-corrected chi connectivity index (χ0v) is 12.7. The van der Waals surface area contributed by atoms with E-state index in [0.29, 0.717) is 16.1 Å². The van der Waals surface area contributed by atoms with Gasteiger partial charge in [0.25, 0.3) is 5.56 Å². The van der Waals surface area contributed by atoms with Crippen molar-refractivity contribution < 1.29 is 0 Å². The van der Waals surface area contributed by atoms with Crippen LogP contribution in [0.2, 0.25) is 5.15 Å². The Labute approximate surface area is 125 Å². The Kier molecular flexibility index (Phi) is 3.85. The molecule has 1 aliphatic carbocycles. The second-order valence-electron chi connectivity index (χ2n) is 4.70. The van der Waals surface area contributed by atoms with Crippen molar-refractivity contribution in [2.75, 3.05) is 0 Å². The van der Waals surface area contributed by atoms with Gasteiger partial charge < -0.3 is 9.55 Å². The number of halogens is 1. The highest BCUT2D eigenvalue weighted by Gasteiger charge is 2.17. The number of aromatic nitrogens is 4. The molecule has 1 N–H and O–H groups in total. The minimum Gasteiger partial charge on any atom is -0.333 e. The first kappa shape index (κ1) is 13.7. The first-order chi connectivity index (χ1) is 9.67. The molecule has 0 bridgehead atoms. The van der Waals surface area contributed by atoms with E-state index in [-0.39, 0.29) is 5.56 Å². The van der Waals surface area contributed by atoms with E-state index in [2.05, 4.69) is 15.0 Å². The van der Waals surface area contributed by atoms with Crippen LogP contribution < -0.4 is 5.56 Å². The lowest BCUT2D eigenvalue weighted by Crippen LogP contribution is -2.15. The van der Waals surface area contributed by atoms with Gasteiger partial charge >= 0.3 is 0 Å². The summed E-state index contributed by atoms with van der Waals surface area (Å²) in [5.74, 6) is 1.54. The molecule has 0 saturated heterocycles. The third-order valence-electron chi connectivity index (χ3n) is 3.43. The SMILES string of the molecule is CCn1cc(Cl)nc1CSc1nc2c(c(=O)[nH]1)CCC2. The van der Waals surface area contributed by atoms with E-state index in [4.69, 9.17) is 11.6 Å². The smallest absolute Gasteiger partial charge is 0.254 e. The molecule has 7 heteroatoms. The third kappa shape index (κ3) is 2.62. The van der Waals surface area contributed by atoms with Gasteiger partial charge in [-0.05, 0) is 26.2 Å². The number of thioether (sulfide) groups is 1. The van der Waals surface area contributed by atoms with Crippen molar-refractivity contribution in [1.29, 1.82) is 0 Å². The van der Waals surface area contributed by atoms with Gasteiger partial charge in [-0.1, -0.05) is 23.4 Å². The average Bonchev–Trinajstić information content (AvgIpc) is 3.02. The van der Waals surface area contributed by atoms with E-state index in [0.717, 1.165) is 42.9 Å². The van der Waals surface area contributed by atoms with Gasteiger partial charge in [0.1, 0.15) is 11.0 Å². The zero-order valence-electron chi connectivity index (χ0n) is 11.1. The van der Waals surface area contributed by atoms with Crippen LogP contribution >= 0.6 is 23.4 Å². The lowest BCUT2D eigenvalue weighted by molar-refractivity contribution is 0.725. The standard InChI is InChI=1S/C13H15ClN4OS/c1-2-18-6-10(14)16-11(18)7-20-13-15-9-5-3-4-8(9)12(19)17-13/h6H,2-5,7H2,1H3,(H,15,17,19). The number of fused-ring (bicyclic) bond motifs is 1. The van der Waals surface area contributed by atoms with E-state index in [1.54, 1.807) is 0 Å². The van der Waals surface area contributed by atoms with Gasteiger partial charge in [-0.15, -0.1) is 0 Å². The second kappa shape index (κ2) is 5.61. The molecule has 0 aromatic carbocycles. The van der Waals surface area contributed by atoms with E-state index < -0.39 is 0 Å². The summed E-state index contributed by atoms with van der Waals surface area (Å²) in [6.07, 6.45) is 4.59. The molecule has 2 aromatic rings. The van der Waals surface area contributed by atoms with Gasteiger partial charge in [0.15, 0.2) is 5.16 Å². The van der Waals surface area contributed by atoms with Crippen LogP contribution in [0, 0.1) is 0 Å². The minimum atomic E-state index is 0.00636. The molecule has 0 radical (unpaired) electrons. The van der Waals surface area contributed by atoms with Crippen molar-refractivity contribution in [2.24, 2.45) is 0 Å². The first-order valence-electron chi connectivity index (χ1n) is 6.63. The molecule has 2 aromatic heterocycles. The number of nitrogens with one attached hydrogen (secondary N) is 1. The third-order valence-corrected chi connectivity index (χ3v) is 4.48. The number of H-pyrrole nitrogens is 1. The maximum Gasteiger partial charge on any atom is 0.254 e. The molecule has 1 aliphatic rings. The molecule has 0 aliphatic heterocycles. The van der Waals surface area contributed by atoms with E-state index in [1.807, 2.05) is 17.7 Å². The quantitative estimate of drug-likeness (QED) is 0.696. The number of rotatable bonds is 4. The summed E-state index contributed by atoms with van der Waals surface area (Å²) in [5.41, 5.74) is 1.81. The number of imidazole rings is 1.